The first-order valence-corrected chi connectivity index (χ1v) is 5.40. The number of anilines is 2. The highest BCUT2D eigenvalue weighted by molar-refractivity contribution is 5.71. The summed E-state index contributed by atoms with van der Waals surface area (Å²) >= 11 is 0. The molecule has 15 heavy (non-hydrogen) atoms. The van der Waals surface area contributed by atoms with Crippen molar-refractivity contribution in [2.45, 2.75) is 25.4 Å². The van der Waals surface area contributed by atoms with Crippen LogP contribution in [0, 0.1) is 0 Å². The van der Waals surface area contributed by atoms with E-state index in [1.54, 1.807) is 0 Å². The van der Waals surface area contributed by atoms with Crippen LogP contribution in [0.4, 0.5) is 11.4 Å². The molecule has 3 nitrogen and oxygen atoms in total. The minimum Gasteiger partial charge on any atom is -0.397 e. The van der Waals surface area contributed by atoms with Gasteiger partial charge in [0.25, 0.3) is 0 Å². The van der Waals surface area contributed by atoms with Crippen LogP contribution < -0.4 is 11.1 Å². The second-order valence-corrected chi connectivity index (χ2v) is 4.55. The summed E-state index contributed by atoms with van der Waals surface area (Å²) in [5.74, 6) is 0. The lowest BCUT2D eigenvalue weighted by molar-refractivity contribution is 0.263. The van der Waals surface area contributed by atoms with Crippen LogP contribution >= 0.6 is 0 Å². The molecular weight excluding hydrogens is 186 g/mol. The number of likely N-dealkylation sites (N-methyl/N-ethyl adjacent to an activating group) is 1. The third-order valence-corrected chi connectivity index (χ3v) is 3.22. The van der Waals surface area contributed by atoms with Crippen LogP contribution in [0.3, 0.4) is 0 Å². The number of rotatable bonds is 1. The number of benzene rings is 1. The van der Waals surface area contributed by atoms with Gasteiger partial charge >= 0.3 is 0 Å². The van der Waals surface area contributed by atoms with Gasteiger partial charge < -0.3 is 16.0 Å². The topological polar surface area (TPSA) is 41.3 Å². The quantitative estimate of drug-likeness (QED) is 0.684. The summed E-state index contributed by atoms with van der Waals surface area (Å²) in [5, 5.41) is 3.49. The average Bonchev–Trinajstić information content (AvgIpc) is 2.18. The van der Waals surface area contributed by atoms with Gasteiger partial charge in [-0.15, -0.1) is 0 Å². The molecule has 0 bridgehead atoms. The van der Waals surface area contributed by atoms with E-state index in [0.29, 0.717) is 12.1 Å². The van der Waals surface area contributed by atoms with Crippen molar-refractivity contribution in [3.8, 4) is 0 Å². The van der Waals surface area contributed by atoms with Gasteiger partial charge in [-0.3, -0.25) is 0 Å². The molecule has 82 valence electrons. The Morgan fingerprint density at radius 1 is 1.40 bits per heavy atom. The van der Waals surface area contributed by atoms with Crippen molar-refractivity contribution >= 4 is 11.4 Å². The molecule has 3 heteroatoms. The lowest BCUT2D eigenvalue weighted by Gasteiger charge is -2.37. The first-order chi connectivity index (χ1) is 7.09. The number of fused-ring (bicyclic) bond motifs is 1. The van der Waals surface area contributed by atoms with Gasteiger partial charge in [0.1, 0.15) is 0 Å². The van der Waals surface area contributed by atoms with Crippen LogP contribution in [0.5, 0.6) is 0 Å². The second kappa shape index (κ2) is 3.74. The molecule has 2 atom stereocenters. The molecule has 1 aliphatic heterocycles. The summed E-state index contributed by atoms with van der Waals surface area (Å²) < 4.78 is 0. The maximum absolute atomic E-state index is 5.95. The van der Waals surface area contributed by atoms with Gasteiger partial charge in [0, 0.05) is 12.1 Å². The van der Waals surface area contributed by atoms with Crippen LogP contribution in [0.25, 0.3) is 0 Å². The monoisotopic (exact) mass is 205 g/mol. The minimum atomic E-state index is 0.442. The van der Waals surface area contributed by atoms with Gasteiger partial charge in [0.2, 0.25) is 0 Å². The summed E-state index contributed by atoms with van der Waals surface area (Å²) in [4.78, 5) is 2.27. The Hall–Kier alpha value is -1.22. The van der Waals surface area contributed by atoms with E-state index in [9.17, 15) is 0 Å². The Labute approximate surface area is 91.3 Å². The molecule has 3 N–H and O–H groups in total. The van der Waals surface area contributed by atoms with Crippen molar-refractivity contribution in [2.75, 3.05) is 25.1 Å². The normalized spacial score (nSPS) is 24.8. The van der Waals surface area contributed by atoms with Crippen molar-refractivity contribution in [2.24, 2.45) is 0 Å². The van der Waals surface area contributed by atoms with Gasteiger partial charge in [-0.1, -0.05) is 12.1 Å². The molecule has 0 saturated heterocycles. The van der Waals surface area contributed by atoms with Crippen molar-refractivity contribution in [3.63, 3.8) is 0 Å². The average molecular weight is 205 g/mol. The third kappa shape index (κ3) is 1.79. The smallest absolute Gasteiger partial charge is 0.0609 e. The largest absolute Gasteiger partial charge is 0.397 e. The number of hydrogen-bond donors (Lipinski definition) is 2. The van der Waals surface area contributed by atoms with Crippen molar-refractivity contribution in [1.82, 2.24) is 4.90 Å². The van der Waals surface area contributed by atoms with Crippen LogP contribution in [0.1, 0.15) is 12.5 Å². The number of nitrogens with one attached hydrogen (secondary N) is 1. The van der Waals surface area contributed by atoms with E-state index in [4.69, 9.17) is 5.73 Å². The molecule has 2 unspecified atom stereocenters. The lowest BCUT2D eigenvalue weighted by atomic mass is 9.93. The highest BCUT2D eigenvalue weighted by atomic mass is 15.1. The molecule has 0 spiro atoms. The molecule has 1 aromatic carbocycles. The van der Waals surface area contributed by atoms with Crippen LogP contribution in [0.2, 0.25) is 0 Å². The van der Waals surface area contributed by atoms with Crippen molar-refractivity contribution < 1.29 is 0 Å². The lowest BCUT2D eigenvalue weighted by Crippen LogP contribution is -2.46. The zero-order valence-corrected chi connectivity index (χ0v) is 9.62. The molecule has 2 rings (SSSR count). The first-order valence-electron chi connectivity index (χ1n) is 5.40. The van der Waals surface area contributed by atoms with Gasteiger partial charge in [0.15, 0.2) is 0 Å². The van der Waals surface area contributed by atoms with E-state index < -0.39 is 0 Å². The highest BCUT2D eigenvalue weighted by Gasteiger charge is 2.26. The molecule has 0 amide bonds. The SMILES string of the molecule is CC1Nc2c(N)cccc2CC1N(C)C. The summed E-state index contributed by atoms with van der Waals surface area (Å²) in [6.45, 7) is 2.21. The fourth-order valence-electron chi connectivity index (χ4n) is 2.32. The van der Waals surface area contributed by atoms with Crippen LogP contribution in [-0.2, 0) is 6.42 Å². The van der Waals surface area contributed by atoms with E-state index in [1.165, 1.54) is 5.56 Å². The molecule has 1 heterocycles. The number of nitrogens with two attached hydrogens (primary N) is 1. The molecule has 1 aromatic rings. The predicted molar refractivity (Wildman–Crippen MR) is 65.1 cm³/mol. The molecule has 0 radical (unpaired) electrons. The Morgan fingerprint density at radius 3 is 2.80 bits per heavy atom. The van der Waals surface area contributed by atoms with E-state index >= 15 is 0 Å². The molecule has 1 aliphatic rings. The zero-order chi connectivity index (χ0) is 11.0. The van der Waals surface area contributed by atoms with Gasteiger partial charge in [-0.05, 0) is 39.1 Å². The fraction of sp³-hybridized carbons (Fsp3) is 0.500. The van der Waals surface area contributed by atoms with E-state index in [-0.39, 0.29) is 0 Å². The zero-order valence-electron chi connectivity index (χ0n) is 9.62. The van der Waals surface area contributed by atoms with E-state index in [1.807, 2.05) is 12.1 Å². The van der Waals surface area contributed by atoms with Crippen LogP contribution in [0.15, 0.2) is 18.2 Å². The van der Waals surface area contributed by atoms with E-state index in [0.717, 1.165) is 17.8 Å². The molecule has 0 aliphatic carbocycles. The standard InChI is InChI=1S/C12H19N3/c1-8-11(15(2)3)7-9-5-4-6-10(13)12(9)14-8/h4-6,8,11,14H,7,13H2,1-3H3. The number of nitrogen functional groups attached to an aromatic ring is 1. The molecular formula is C12H19N3. The number of para-hydroxylation sites is 1. The second-order valence-electron chi connectivity index (χ2n) is 4.55. The summed E-state index contributed by atoms with van der Waals surface area (Å²) in [7, 11) is 4.25. The Balaban J connectivity index is 2.34. The molecule has 0 saturated carbocycles. The Kier molecular flexibility index (Phi) is 2.57. The van der Waals surface area contributed by atoms with E-state index in [2.05, 4.69) is 37.3 Å². The predicted octanol–water partition coefficient (Wildman–Crippen LogP) is 1.56. The Morgan fingerprint density at radius 2 is 2.13 bits per heavy atom. The minimum absolute atomic E-state index is 0.442. The van der Waals surface area contributed by atoms with Crippen molar-refractivity contribution in [1.29, 1.82) is 0 Å². The van der Waals surface area contributed by atoms with Crippen molar-refractivity contribution in [3.05, 3.63) is 23.8 Å². The summed E-state index contributed by atoms with van der Waals surface area (Å²) in [6, 6.07) is 7.12. The fourth-order valence-corrected chi connectivity index (χ4v) is 2.32. The number of nitrogens with zero attached hydrogens (tertiary/aromatic N) is 1. The third-order valence-electron chi connectivity index (χ3n) is 3.22. The first kappa shape index (κ1) is 10.3. The highest BCUT2D eigenvalue weighted by Crippen LogP contribution is 2.31. The summed E-state index contributed by atoms with van der Waals surface area (Å²) in [5.41, 5.74) is 9.26. The van der Waals surface area contributed by atoms with Crippen LogP contribution in [-0.4, -0.2) is 31.1 Å². The Bertz CT molecular complexity index is 360. The maximum atomic E-state index is 5.95. The van der Waals surface area contributed by atoms with Gasteiger partial charge in [-0.2, -0.15) is 0 Å². The molecule has 0 fully saturated rings. The van der Waals surface area contributed by atoms with Gasteiger partial charge in [-0.25, -0.2) is 0 Å². The summed E-state index contributed by atoms with van der Waals surface area (Å²) in [6.07, 6.45) is 1.07. The van der Waals surface area contributed by atoms with Gasteiger partial charge in [0.05, 0.1) is 11.4 Å². The number of hydrogen-bond acceptors (Lipinski definition) is 3. The molecule has 0 aromatic heterocycles. The maximum Gasteiger partial charge on any atom is 0.0609 e.